The maximum Gasteiger partial charge on any atom is 0.235 e. The number of rotatable bonds is 5. The predicted molar refractivity (Wildman–Crippen MR) is 105 cm³/mol. The number of benzene rings is 2. The van der Waals surface area contributed by atoms with Crippen LogP contribution in [0.1, 0.15) is 18.9 Å². The van der Waals surface area contributed by atoms with E-state index in [0.717, 1.165) is 5.56 Å². The molecule has 1 fully saturated rings. The Labute approximate surface area is 159 Å². The Hall–Kier alpha value is -2.05. The lowest BCUT2D eigenvalue weighted by Crippen LogP contribution is -2.25. The highest BCUT2D eigenvalue weighted by molar-refractivity contribution is 7.93. The molecule has 1 atom stereocenters. The van der Waals surface area contributed by atoms with Crippen molar-refractivity contribution in [3.05, 3.63) is 59.1 Å². The van der Waals surface area contributed by atoms with Gasteiger partial charge in [0.2, 0.25) is 15.9 Å². The molecule has 2 aromatic rings. The number of nitrogens with zero attached hydrogens (tertiary/aromatic N) is 1. The lowest BCUT2D eigenvalue weighted by molar-refractivity contribution is -0.119. The summed E-state index contributed by atoms with van der Waals surface area (Å²) < 4.78 is 25.3. The molecule has 1 aliphatic heterocycles. The third-order valence-electron chi connectivity index (χ3n) is 4.42. The molecular weight excluding hydrogens is 372 g/mol. The molecule has 0 saturated carbocycles. The van der Waals surface area contributed by atoms with Crippen molar-refractivity contribution in [3.8, 4) is 0 Å². The van der Waals surface area contributed by atoms with Crippen molar-refractivity contribution in [2.45, 2.75) is 19.8 Å². The summed E-state index contributed by atoms with van der Waals surface area (Å²) >= 11 is 5.88. The van der Waals surface area contributed by atoms with Gasteiger partial charge < -0.3 is 5.32 Å². The van der Waals surface area contributed by atoms with Crippen LogP contribution in [-0.4, -0.2) is 26.6 Å². The number of sulfonamides is 1. The minimum absolute atomic E-state index is 0.0819. The van der Waals surface area contributed by atoms with Crippen molar-refractivity contribution >= 4 is 38.9 Å². The minimum Gasteiger partial charge on any atom is -0.326 e. The predicted octanol–water partition coefficient (Wildman–Crippen LogP) is 3.70. The summed E-state index contributed by atoms with van der Waals surface area (Å²) in [6.45, 7) is 2.38. The summed E-state index contributed by atoms with van der Waals surface area (Å²) in [6, 6.07) is 14.4. The molecule has 1 N–H and O–H groups in total. The van der Waals surface area contributed by atoms with Crippen LogP contribution in [0.3, 0.4) is 0 Å². The van der Waals surface area contributed by atoms with Crippen LogP contribution in [-0.2, 0) is 21.2 Å². The molecule has 2 aromatic carbocycles. The van der Waals surface area contributed by atoms with E-state index in [-0.39, 0.29) is 17.6 Å². The number of carbonyl (C=O) groups is 1. The summed E-state index contributed by atoms with van der Waals surface area (Å²) in [4.78, 5) is 12.4. The van der Waals surface area contributed by atoms with E-state index in [1.807, 2.05) is 31.2 Å². The molecule has 1 aliphatic rings. The highest BCUT2D eigenvalue weighted by atomic mass is 35.5. The fraction of sp³-hybridized carbons (Fsp3) is 0.316. The van der Waals surface area contributed by atoms with Gasteiger partial charge in [-0.15, -0.1) is 0 Å². The fourth-order valence-electron chi connectivity index (χ4n) is 2.97. The molecule has 3 rings (SSSR count). The molecular formula is C19H21ClN2O3S. The first kappa shape index (κ1) is 18.7. The van der Waals surface area contributed by atoms with Crippen LogP contribution < -0.4 is 9.62 Å². The van der Waals surface area contributed by atoms with Gasteiger partial charge in [-0.05, 0) is 54.8 Å². The first-order valence-electron chi connectivity index (χ1n) is 8.51. The average Bonchev–Trinajstić information content (AvgIpc) is 2.97. The Morgan fingerprint density at radius 3 is 2.38 bits per heavy atom. The summed E-state index contributed by atoms with van der Waals surface area (Å²) in [5.74, 6) is -0.0930. The van der Waals surface area contributed by atoms with E-state index in [1.54, 1.807) is 24.3 Å². The van der Waals surface area contributed by atoms with Crippen LogP contribution in [0.25, 0.3) is 0 Å². The van der Waals surface area contributed by atoms with E-state index >= 15 is 0 Å². The molecule has 26 heavy (non-hydrogen) atoms. The van der Waals surface area contributed by atoms with Crippen LogP contribution in [0.5, 0.6) is 0 Å². The van der Waals surface area contributed by atoms with E-state index in [4.69, 9.17) is 11.6 Å². The van der Waals surface area contributed by atoms with Gasteiger partial charge in [0.15, 0.2) is 0 Å². The third-order valence-corrected chi connectivity index (χ3v) is 6.55. The van der Waals surface area contributed by atoms with Crippen LogP contribution in [0, 0.1) is 5.92 Å². The highest BCUT2D eigenvalue weighted by Gasteiger charge is 2.28. The monoisotopic (exact) mass is 392 g/mol. The van der Waals surface area contributed by atoms with Gasteiger partial charge in [-0.1, -0.05) is 30.7 Å². The number of anilines is 2. The van der Waals surface area contributed by atoms with Crippen LogP contribution >= 0.6 is 11.6 Å². The highest BCUT2D eigenvalue weighted by Crippen LogP contribution is 2.25. The summed E-state index contributed by atoms with van der Waals surface area (Å²) in [7, 11) is -3.19. The maximum atomic E-state index is 12.4. The van der Waals surface area contributed by atoms with Crippen molar-refractivity contribution in [2.24, 2.45) is 5.92 Å². The van der Waals surface area contributed by atoms with Crippen LogP contribution in [0.4, 0.5) is 11.4 Å². The van der Waals surface area contributed by atoms with Gasteiger partial charge in [-0.25, -0.2) is 8.42 Å². The zero-order chi connectivity index (χ0) is 18.7. The zero-order valence-corrected chi connectivity index (χ0v) is 16.1. The first-order valence-corrected chi connectivity index (χ1v) is 10.5. The molecule has 7 heteroatoms. The molecule has 5 nitrogen and oxygen atoms in total. The Morgan fingerprint density at radius 2 is 1.81 bits per heavy atom. The van der Waals surface area contributed by atoms with Gasteiger partial charge in [-0.2, -0.15) is 0 Å². The van der Waals surface area contributed by atoms with E-state index < -0.39 is 10.0 Å². The molecule has 1 heterocycles. The number of carbonyl (C=O) groups excluding carboxylic acids is 1. The molecule has 0 aromatic heterocycles. The second-order valence-corrected chi connectivity index (χ2v) is 8.96. The summed E-state index contributed by atoms with van der Waals surface area (Å²) in [5, 5.41) is 3.55. The molecule has 1 saturated heterocycles. The van der Waals surface area contributed by atoms with Crippen molar-refractivity contribution < 1.29 is 13.2 Å². The van der Waals surface area contributed by atoms with Crippen molar-refractivity contribution in [1.82, 2.24) is 0 Å². The second kappa shape index (κ2) is 7.68. The normalized spacial score (nSPS) is 17.1. The number of nitrogens with one attached hydrogen (secondary N) is 1. The van der Waals surface area contributed by atoms with Crippen LogP contribution in [0.15, 0.2) is 48.5 Å². The topological polar surface area (TPSA) is 66.5 Å². The quantitative estimate of drug-likeness (QED) is 0.843. The van der Waals surface area contributed by atoms with Gasteiger partial charge >= 0.3 is 0 Å². The van der Waals surface area contributed by atoms with Gasteiger partial charge in [-0.3, -0.25) is 9.10 Å². The summed E-state index contributed by atoms with van der Waals surface area (Å²) in [5.41, 5.74) is 2.33. The van der Waals surface area contributed by atoms with Crippen molar-refractivity contribution in [2.75, 3.05) is 21.9 Å². The molecule has 0 radical (unpaired) electrons. The second-order valence-electron chi connectivity index (χ2n) is 6.51. The minimum atomic E-state index is -3.19. The number of hydrogen-bond acceptors (Lipinski definition) is 3. The van der Waals surface area contributed by atoms with E-state index in [9.17, 15) is 13.2 Å². The molecule has 1 amide bonds. The SMILES string of the molecule is CC(Cc1ccc(Cl)cc1)C(=O)Nc1ccc(N2CCCS2(=O)=O)cc1. The molecule has 0 spiro atoms. The van der Waals surface area contributed by atoms with Gasteiger partial charge in [0.1, 0.15) is 0 Å². The van der Waals surface area contributed by atoms with Gasteiger partial charge in [0, 0.05) is 23.2 Å². The smallest absolute Gasteiger partial charge is 0.235 e. The first-order chi connectivity index (χ1) is 12.3. The Morgan fingerprint density at radius 1 is 1.15 bits per heavy atom. The molecule has 0 aliphatic carbocycles. The lowest BCUT2D eigenvalue weighted by Gasteiger charge is -2.17. The lowest BCUT2D eigenvalue weighted by atomic mass is 10.0. The third kappa shape index (κ3) is 4.37. The Bertz CT molecular complexity index is 880. The molecule has 138 valence electrons. The standard InChI is InChI=1S/C19H21ClN2O3S/c1-14(13-15-3-5-16(20)6-4-15)19(23)21-17-7-9-18(10-8-17)22-11-2-12-26(22,24)25/h3-10,14H,2,11-13H2,1H3,(H,21,23). The number of halogens is 1. The van der Waals surface area contributed by atoms with Crippen molar-refractivity contribution in [3.63, 3.8) is 0 Å². The Kier molecular flexibility index (Phi) is 5.53. The largest absolute Gasteiger partial charge is 0.326 e. The molecule has 0 bridgehead atoms. The van der Waals surface area contributed by atoms with E-state index in [1.165, 1.54) is 4.31 Å². The van der Waals surface area contributed by atoms with Crippen LogP contribution in [0.2, 0.25) is 5.02 Å². The number of hydrogen-bond donors (Lipinski definition) is 1. The maximum absolute atomic E-state index is 12.4. The van der Waals surface area contributed by atoms with Crippen molar-refractivity contribution in [1.29, 1.82) is 0 Å². The summed E-state index contributed by atoms with van der Waals surface area (Å²) in [6.07, 6.45) is 1.26. The average molecular weight is 393 g/mol. The Balaban J connectivity index is 1.61. The number of amides is 1. The fourth-order valence-corrected chi connectivity index (χ4v) is 4.66. The van der Waals surface area contributed by atoms with E-state index in [0.29, 0.717) is 35.8 Å². The zero-order valence-electron chi connectivity index (χ0n) is 14.5. The van der Waals surface area contributed by atoms with E-state index in [2.05, 4.69) is 5.32 Å². The van der Waals surface area contributed by atoms with Gasteiger partial charge in [0.25, 0.3) is 0 Å². The van der Waals surface area contributed by atoms with Gasteiger partial charge in [0.05, 0.1) is 11.4 Å². The molecule has 1 unspecified atom stereocenters.